The lowest BCUT2D eigenvalue weighted by Crippen LogP contribution is -2.02. The number of rotatable bonds is 3. The Kier molecular flexibility index (Phi) is 3.76. The second-order valence-electron chi connectivity index (χ2n) is 1.65. The molecule has 0 spiro atoms. The molecule has 0 heterocycles. The monoisotopic (exact) mass is 112 g/mol. The van der Waals surface area contributed by atoms with Gasteiger partial charge in [-0.15, -0.1) is 0 Å². The normalized spacial score (nSPS) is 9.25. The quantitative estimate of drug-likeness (QED) is 0.579. The van der Waals surface area contributed by atoms with E-state index in [-0.39, 0.29) is 0 Å². The van der Waals surface area contributed by atoms with Gasteiger partial charge in [-0.25, -0.2) is 0 Å². The van der Waals surface area contributed by atoms with E-state index < -0.39 is 0 Å². The van der Waals surface area contributed by atoms with Crippen LogP contribution in [0, 0.1) is 0 Å². The zero-order valence-corrected chi connectivity index (χ0v) is 5.39. The van der Waals surface area contributed by atoms with Gasteiger partial charge in [0.05, 0.1) is 0 Å². The summed E-state index contributed by atoms with van der Waals surface area (Å²) in [5.41, 5.74) is 0. The minimum Gasteiger partial charge on any atom is -0.382 e. The van der Waals surface area contributed by atoms with Gasteiger partial charge in [-0.3, -0.25) is 0 Å². The molecule has 0 unspecified atom stereocenters. The second-order valence-corrected chi connectivity index (χ2v) is 1.65. The van der Waals surface area contributed by atoms with Crippen LogP contribution in [-0.4, -0.2) is 19.0 Å². The highest BCUT2D eigenvalue weighted by Crippen LogP contribution is 1.71. The maximum atomic E-state index is 3.48. The summed E-state index contributed by atoms with van der Waals surface area (Å²) >= 11 is 0. The average Bonchev–Trinajstić information content (AvgIpc) is 1.66. The van der Waals surface area contributed by atoms with Gasteiger partial charge in [0, 0.05) is 26.5 Å². The zero-order valence-electron chi connectivity index (χ0n) is 5.39. The van der Waals surface area contributed by atoms with Gasteiger partial charge < -0.3 is 10.2 Å². The van der Waals surface area contributed by atoms with Crippen LogP contribution in [0.1, 0.15) is 0 Å². The lowest BCUT2D eigenvalue weighted by atomic mass is 10.8. The molecular weight excluding hydrogens is 100 g/mol. The van der Waals surface area contributed by atoms with Crippen molar-refractivity contribution in [3.63, 3.8) is 0 Å². The van der Waals surface area contributed by atoms with Crippen molar-refractivity contribution in [2.45, 2.75) is 0 Å². The van der Waals surface area contributed by atoms with Crippen molar-refractivity contribution >= 4 is 0 Å². The number of nitrogens with zero attached hydrogens (tertiary/aromatic N) is 1. The SMILES string of the molecule is C=CN/C=C\N(C)C. The third-order valence-electron chi connectivity index (χ3n) is 0.587. The second kappa shape index (κ2) is 4.24. The fourth-order valence-electron chi connectivity index (χ4n) is 0.260. The molecule has 0 saturated heterocycles. The van der Waals surface area contributed by atoms with Crippen molar-refractivity contribution in [3.8, 4) is 0 Å². The molecule has 0 rings (SSSR count). The van der Waals surface area contributed by atoms with Crippen LogP contribution in [0.25, 0.3) is 0 Å². The van der Waals surface area contributed by atoms with Gasteiger partial charge in [-0.2, -0.15) is 0 Å². The maximum absolute atomic E-state index is 3.48. The van der Waals surface area contributed by atoms with Gasteiger partial charge in [0.25, 0.3) is 0 Å². The first-order valence-electron chi connectivity index (χ1n) is 2.47. The highest BCUT2D eigenvalue weighted by Gasteiger charge is 1.69. The Balaban J connectivity index is 3.19. The summed E-state index contributed by atoms with van der Waals surface area (Å²) < 4.78 is 0. The van der Waals surface area contributed by atoms with Crippen LogP contribution in [0.5, 0.6) is 0 Å². The molecule has 0 aromatic rings. The Morgan fingerprint density at radius 3 is 2.50 bits per heavy atom. The van der Waals surface area contributed by atoms with Gasteiger partial charge in [0.1, 0.15) is 0 Å². The van der Waals surface area contributed by atoms with E-state index in [9.17, 15) is 0 Å². The Morgan fingerprint density at radius 2 is 2.12 bits per heavy atom. The summed E-state index contributed by atoms with van der Waals surface area (Å²) in [4.78, 5) is 1.94. The summed E-state index contributed by atoms with van der Waals surface area (Å²) in [6.07, 6.45) is 5.34. The van der Waals surface area contributed by atoms with Crippen molar-refractivity contribution in [1.82, 2.24) is 10.2 Å². The van der Waals surface area contributed by atoms with Crippen molar-refractivity contribution in [1.29, 1.82) is 0 Å². The predicted octanol–water partition coefficient (Wildman–Crippen LogP) is 0.752. The number of hydrogen-bond acceptors (Lipinski definition) is 2. The van der Waals surface area contributed by atoms with Gasteiger partial charge in [0.15, 0.2) is 0 Å². The average molecular weight is 112 g/mol. The molecular formula is C6H12N2. The highest BCUT2D eigenvalue weighted by molar-refractivity contribution is 4.81. The maximum Gasteiger partial charge on any atom is 0.0165 e. The van der Waals surface area contributed by atoms with Crippen molar-refractivity contribution in [2.24, 2.45) is 0 Å². The van der Waals surface area contributed by atoms with Crippen LogP contribution >= 0.6 is 0 Å². The lowest BCUT2D eigenvalue weighted by Gasteiger charge is -2.01. The van der Waals surface area contributed by atoms with Crippen LogP contribution in [-0.2, 0) is 0 Å². The van der Waals surface area contributed by atoms with Crippen LogP contribution in [0.3, 0.4) is 0 Å². The van der Waals surface area contributed by atoms with E-state index in [0.717, 1.165) is 0 Å². The third kappa shape index (κ3) is 5.08. The molecule has 0 aromatic heterocycles. The molecule has 0 atom stereocenters. The third-order valence-corrected chi connectivity index (χ3v) is 0.587. The Bertz CT molecular complexity index is 84.5. The van der Waals surface area contributed by atoms with Gasteiger partial charge in [0.2, 0.25) is 0 Å². The van der Waals surface area contributed by atoms with Gasteiger partial charge >= 0.3 is 0 Å². The molecule has 0 aliphatic carbocycles. The molecule has 1 N–H and O–H groups in total. The summed E-state index contributed by atoms with van der Waals surface area (Å²) in [7, 11) is 3.92. The summed E-state index contributed by atoms with van der Waals surface area (Å²) in [6, 6.07) is 0. The van der Waals surface area contributed by atoms with E-state index in [1.807, 2.05) is 31.4 Å². The van der Waals surface area contributed by atoms with Gasteiger partial charge in [-0.1, -0.05) is 6.58 Å². The van der Waals surface area contributed by atoms with Crippen LogP contribution < -0.4 is 5.32 Å². The molecule has 0 fully saturated rings. The van der Waals surface area contributed by atoms with Crippen LogP contribution in [0.4, 0.5) is 0 Å². The zero-order chi connectivity index (χ0) is 6.41. The van der Waals surface area contributed by atoms with Crippen LogP contribution in [0.15, 0.2) is 25.2 Å². The molecule has 0 aliphatic rings. The molecule has 2 nitrogen and oxygen atoms in total. The van der Waals surface area contributed by atoms with Gasteiger partial charge in [-0.05, 0) is 6.20 Å². The molecule has 0 bridgehead atoms. The Morgan fingerprint density at radius 1 is 1.50 bits per heavy atom. The number of nitrogens with one attached hydrogen (secondary N) is 1. The first-order chi connectivity index (χ1) is 3.77. The fourth-order valence-corrected chi connectivity index (χ4v) is 0.260. The predicted molar refractivity (Wildman–Crippen MR) is 36.2 cm³/mol. The molecule has 0 aliphatic heterocycles. The van der Waals surface area contributed by atoms with E-state index in [1.54, 1.807) is 6.20 Å². The molecule has 46 valence electrons. The van der Waals surface area contributed by atoms with Crippen molar-refractivity contribution in [2.75, 3.05) is 14.1 Å². The molecule has 8 heavy (non-hydrogen) atoms. The van der Waals surface area contributed by atoms with E-state index in [0.29, 0.717) is 0 Å². The van der Waals surface area contributed by atoms with E-state index >= 15 is 0 Å². The highest BCUT2D eigenvalue weighted by atomic mass is 15.0. The molecule has 0 aromatic carbocycles. The summed E-state index contributed by atoms with van der Waals surface area (Å²) in [5, 5.41) is 2.82. The minimum atomic E-state index is 1.62. The van der Waals surface area contributed by atoms with E-state index in [1.165, 1.54) is 0 Å². The molecule has 0 saturated carbocycles. The van der Waals surface area contributed by atoms with E-state index in [4.69, 9.17) is 0 Å². The molecule has 2 heteroatoms. The summed E-state index contributed by atoms with van der Waals surface area (Å²) in [5.74, 6) is 0. The van der Waals surface area contributed by atoms with Crippen molar-refractivity contribution < 1.29 is 0 Å². The first kappa shape index (κ1) is 7.08. The first-order valence-corrected chi connectivity index (χ1v) is 2.47. The number of hydrogen-bond donors (Lipinski definition) is 1. The molecule has 0 radical (unpaired) electrons. The minimum absolute atomic E-state index is 1.62. The Labute approximate surface area is 50.5 Å². The Hall–Kier alpha value is -0.920. The molecule has 0 amide bonds. The lowest BCUT2D eigenvalue weighted by molar-refractivity contribution is 0.560. The van der Waals surface area contributed by atoms with E-state index in [2.05, 4.69) is 11.9 Å². The standard InChI is InChI=1S/C6H12N2/c1-4-7-5-6-8(2)3/h4-7H,1H2,2-3H3/b6-5-. The van der Waals surface area contributed by atoms with Crippen molar-refractivity contribution in [3.05, 3.63) is 25.2 Å². The largest absolute Gasteiger partial charge is 0.382 e. The summed E-state index contributed by atoms with van der Waals surface area (Å²) in [6.45, 7) is 3.48. The smallest absolute Gasteiger partial charge is 0.0165 e. The topological polar surface area (TPSA) is 15.3 Å². The fraction of sp³-hybridized carbons (Fsp3) is 0.333. The van der Waals surface area contributed by atoms with Crippen LogP contribution in [0.2, 0.25) is 0 Å².